The first-order chi connectivity index (χ1) is 11.5. The molecule has 0 radical (unpaired) electrons. The van der Waals surface area contributed by atoms with Crippen LogP contribution in [0.4, 0.5) is 0 Å². The van der Waals surface area contributed by atoms with Gasteiger partial charge in [-0.25, -0.2) is 0 Å². The van der Waals surface area contributed by atoms with E-state index in [4.69, 9.17) is 4.74 Å². The summed E-state index contributed by atoms with van der Waals surface area (Å²) < 4.78 is 7.47. The lowest BCUT2D eigenvalue weighted by Gasteiger charge is -2.16. The van der Waals surface area contributed by atoms with Crippen LogP contribution in [0.25, 0.3) is 6.08 Å². The highest BCUT2D eigenvalue weighted by molar-refractivity contribution is 7.10. The van der Waals surface area contributed by atoms with Gasteiger partial charge in [-0.3, -0.25) is 9.59 Å². The molecule has 1 fully saturated rings. The molecule has 2 aromatic heterocycles. The number of rotatable bonds is 4. The highest BCUT2D eigenvalue weighted by Crippen LogP contribution is 2.19. The molecule has 0 aliphatic carbocycles. The van der Waals surface area contributed by atoms with Gasteiger partial charge in [0.2, 0.25) is 5.91 Å². The van der Waals surface area contributed by atoms with Crippen molar-refractivity contribution in [3.8, 4) is 5.75 Å². The minimum Gasteiger partial charge on any atom is -0.488 e. The lowest BCUT2D eigenvalue weighted by Crippen LogP contribution is -2.29. The minimum atomic E-state index is -0.0881. The van der Waals surface area contributed by atoms with Crippen LogP contribution < -0.4 is 10.3 Å². The molecule has 24 heavy (non-hydrogen) atoms. The van der Waals surface area contributed by atoms with Gasteiger partial charge in [0.05, 0.1) is 6.54 Å². The Kier molecular flexibility index (Phi) is 4.85. The van der Waals surface area contributed by atoms with Crippen molar-refractivity contribution in [3.05, 3.63) is 56.6 Å². The zero-order valence-corrected chi connectivity index (χ0v) is 14.6. The summed E-state index contributed by atoms with van der Waals surface area (Å²) in [5, 5.41) is 1.98. The second kappa shape index (κ2) is 7.05. The predicted molar refractivity (Wildman–Crippen MR) is 95.4 cm³/mol. The van der Waals surface area contributed by atoms with E-state index in [9.17, 15) is 9.59 Å². The van der Waals surface area contributed by atoms with Crippen LogP contribution >= 0.6 is 11.3 Å². The van der Waals surface area contributed by atoms with E-state index in [2.05, 4.69) is 0 Å². The van der Waals surface area contributed by atoms with Gasteiger partial charge in [-0.2, -0.15) is 0 Å². The van der Waals surface area contributed by atoms with Gasteiger partial charge in [0.1, 0.15) is 11.9 Å². The van der Waals surface area contributed by atoms with Gasteiger partial charge in [0, 0.05) is 42.7 Å². The average molecular weight is 344 g/mol. The summed E-state index contributed by atoms with van der Waals surface area (Å²) in [6.45, 7) is 3.08. The van der Waals surface area contributed by atoms with Crippen LogP contribution in [-0.2, 0) is 11.8 Å². The van der Waals surface area contributed by atoms with Crippen LogP contribution in [0.3, 0.4) is 0 Å². The summed E-state index contributed by atoms with van der Waals surface area (Å²) in [5.41, 5.74) is 0.761. The standard InChI is InChI=1S/C18H20N2O3S/c1-13-10-15(11-18(22)19(13)2)23-14-7-8-20(12-14)17(21)6-5-16-4-3-9-24-16/h3-6,9-11,14H,7-8,12H2,1-2H3/b6-5+. The highest BCUT2D eigenvalue weighted by Gasteiger charge is 2.26. The molecule has 0 spiro atoms. The van der Waals surface area contributed by atoms with Gasteiger partial charge in [0.15, 0.2) is 0 Å². The Morgan fingerprint density at radius 3 is 2.96 bits per heavy atom. The summed E-state index contributed by atoms with van der Waals surface area (Å²) in [5.74, 6) is 0.568. The Hall–Kier alpha value is -2.34. The fourth-order valence-electron chi connectivity index (χ4n) is 2.67. The molecule has 0 bridgehead atoms. The van der Waals surface area contributed by atoms with Crippen molar-refractivity contribution in [2.75, 3.05) is 13.1 Å². The third-order valence-electron chi connectivity index (χ3n) is 4.17. The number of carbonyl (C=O) groups is 1. The second-order valence-corrected chi connectivity index (χ2v) is 6.87. The van der Waals surface area contributed by atoms with Gasteiger partial charge in [-0.1, -0.05) is 6.07 Å². The third-order valence-corrected chi connectivity index (χ3v) is 5.01. The molecule has 5 nitrogen and oxygen atoms in total. The number of hydrogen-bond acceptors (Lipinski definition) is 4. The zero-order valence-electron chi connectivity index (χ0n) is 13.8. The first-order valence-corrected chi connectivity index (χ1v) is 8.76. The number of amides is 1. The molecule has 0 aromatic carbocycles. The number of nitrogens with zero attached hydrogens (tertiary/aromatic N) is 2. The van der Waals surface area contributed by atoms with Crippen LogP contribution in [0.1, 0.15) is 17.0 Å². The maximum absolute atomic E-state index is 12.2. The van der Waals surface area contributed by atoms with E-state index in [0.717, 1.165) is 17.0 Å². The molecule has 1 unspecified atom stereocenters. The first-order valence-electron chi connectivity index (χ1n) is 7.88. The maximum Gasteiger partial charge on any atom is 0.254 e. The van der Waals surface area contributed by atoms with Gasteiger partial charge in [0.25, 0.3) is 5.56 Å². The highest BCUT2D eigenvalue weighted by atomic mass is 32.1. The van der Waals surface area contributed by atoms with Crippen molar-refractivity contribution < 1.29 is 9.53 Å². The lowest BCUT2D eigenvalue weighted by atomic mass is 10.3. The van der Waals surface area contributed by atoms with Crippen LogP contribution in [-0.4, -0.2) is 34.6 Å². The van der Waals surface area contributed by atoms with Crippen LogP contribution in [0.2, 0.25) is 0 Å². The molecule has 2 aromatic rings. The van der Waals surface area contributed by atoms with Gasteiger partial charge in [-0.15, -0.1) is 11.3 Å². The van der Waals surface area contributed by atoms with Gasteiger partial charge in [-0.05, 0) is 30.5 Å². The number of likely N-dealkylation sites (tertiary alicyclic amines) is 1. The zero-order chi connectivity index (χ0) is 17.1. The van der Waals surface area contributed by atoms with E-state index in [0.29, 0.717) is 18.8 Å². The Labute approximate surface area is 144 Å². The molecule has 1 saturated heterocycles. The number of aryl methyl sites for hydroxylation is 1. The van der Waals surface area contributed by atoms with E-state index in [1.54, 1.807) is 33.9 Å². The van der Waals surface area contributed by atoms with Crippen molar-refractivity contribution in [1.82, 2.24) is 9.47 Å². The number of carbonyl (C=O) groups excluding carboxylic acids is 1. The number of thiophene rings is 1. The number of hydrogen-bond donors (Lipinski definition) is 0. The summed E-state index contributed by atoms with van der Waals surface area (Å²) in [6.07, 6.45) is 4.14. The molecule has 1 aliphatic rings. The fourth-order valence-corrected chi connectivity index (χ4v) is 3.28. The van der Waals surface area contributed by atoms with E-state index in [-0.39, 0.29) is 17.6 Å². The smallest absolute Gasteiger partial charge is 0.254 e. The molecule has 3 rings (SSSR count). The van der Waals surface area contributed by atoms with Crippen molar-refractivity contribution in [2.24, 2.45) is 7.05 Å². The normalized spacial score (nSPS) is 17.6. The van der Waals surface area contributed by atoms with Crippen molar-refractivity contribution in [2.45, 2.75) is 19.4 Å². The quantitative estimate of drug-likeness (QED) is 0.801. The molecule has 3 heterocycles. The Balaban J connectivity index is 1.59. The van der Waals surface area contributed by atoms with E-state index < -0.39 is 0 Å². The molecule has 0 saturated carbocycles. The summed E-state index contributed by atoms with van der Waals surface area (Å²) in [7, 11) is 1.73. The molecule has 1 aliphatic heterocycles. The van der Waals surface area contributed by atoms with E-state index >= 15 is 0 Å². The van der Waals surface area contributed by atoms with Crippen LogP contribution in [0, 0.1) is 6.92 Å². The minimum absolute atomic E-state index is 0.00495. The Morgan fingerprint density at radius 1 is 1.42 bits per heavy atom. The number of aromatic nitrogens is 1. The Bertz CT molecular complexity index is 808. The third kappa shape index (κ3) is 3.76. The predicted octanol–water partition coefficient (Wildman–Crippen LogP) is 2.45. The van der Waals surface area contributed by atoms with Crippen molar-refractivity contribution >= 4 is 23.3 Å². The lowest BCUT2D eigenvalue weighted by molar-refractivity contribution is -0.125. The Morgan fingerprint density at radius 2 is 2.25 bits per heavy atom. The monoisotopic (exact) mass is 344 g/mol. The van der Waals surface area contributed by atoms with Crippen molar-refractivity contribution in [3.63, 3.8) is 0 Å². The topological polar surface area (TPSA) is 51.5 Å². The number of pyridine rings is 1. The molecule has 6 heteroatoms. The molecular formula is C18H20N2O3S. The van der Waals surface area contributed by atoms with Crippen LogP contribution in [0.5, 0.6) is 5.75 Å². The van der Waals surface area contributed by atoms with E-state index in [1.165, 1.54) is 6.07 Å². The second-order valence-electron chi connectivity index (χ2n) is 5.89. The molecule has 1 amide bonds. The van der Waals surface area contributed by atoms with Crippen molar-refractivity contribution in [1.29, 1.82) is 0 Å². The van der Waals surface area contributed by atoms with Crippen LogP contribution in [0.15, 0.2) is 40.5 Å². The summed E-state index contributed by atoms with van der Waals surface area (Å²) in [6, 6.07) is 7.28. The summed E-state index contributed by atoms with van der Waals surface area (Å²) >= 11 is 1.60. The average Bonchev–Trinajstić information content (AvgIpc) is 3.22. The molecular weight excluding hydrogens is 324 g/mol. The summed E-state index contributed by atoms with van der Waals surface area (Å²) in [4.78, 5) is 26.9. The first kappa shape index (κ1) is 16.5. The van der Waals surface area contributed by atoms with Gasteiger partial charge < -0.3 is 14.2 Å². The van der Waals surface area contributed by atoms with Gasteiger partial charge >= 0.3 is 0 Å². The van der Waals surface area contributed by atoms with E-state index in [1.807, 2.05) is 36.6 Å². The fraction of sp³-hybridized carbons (Fsp3) is 0.333. The number of ether oxygens (including phenoxy) is 1. The maximum atomic E-state index is 12.2. The molecule has 1 atom stereocenters. The molecule has 0 N–H and O–H groups in total. The SMILES string of the molecule is Cc1cc(OC2CCN(C(=O)/C=C/c3cccs3)C2)cc(=O)n1C. The molecule has 126 valence electrons. The largest absolute Gasteiger partial charge is 0.488 e.